The molecule has 27 heavy (non-hydrogen) atoms. The summed E-state index contributed by atoms with van der Waals surface area (Å²) in [6, 6.07) is 17.5. The van der Waals surface area contributed by atoms with Crippen molar-refractivity contribution in [3.05, 3.63) is 71.9 Å². The van der Waals surface area contributed by atoms with Gasteiger partial charge in [-0.1, -0.05) is 43.7 Å². The molecule has 0 aliphatic carbocycles. The molecule has 2 rings (SSSR count). The second-order valence-corrected chi connectivity index (χ2v) is 5.67. The van der Waals surface area contributed by atoms with E-state index in [2.05, 4.69) is 10.6 Å². The lowest BCUT2D eigenvalue weighted by atomic mass is 10.1. The first-order valence-electron chi connectivity index (χ1n) is 8.65. The Morgan fingerprint density at radius 3 is 2.52 bits per heavy atom. The molecule has 6 heteroatoms. The van der Waals surface area contributed by atoms with Crippen molar-refractivity contribution in [3.63, 3.8) is 0 Å². The maximum Gasteiger partial charge on any atom is 0.340 e. The number of benzene rings is 2. The molecule has 0 aliphatic heterocycles. The zero-order chi connectivity index (χ0) is 19.5. The third kappa shape index (κ3) is 6.01. The molecule has 2 aromatic carbocycles. The number of para-hydroxylation sites is 2. The summed E-state index contributed by atoms with van der Waals surface area (Å²) < 4.78 is 5.20. The molecule has 0 unspecified atom stereocenters. The van der Waals surface area contributed by atoms with E-state index in [1.165, 1.54) is 6.20 Å². The molecular weight excluding hydrogens is 342 g/mol. The van der Waals surface area contributed by atoms with Crippen LogP contribution in [0.3, 0.4) is 0 Å². The predicted molar refractivity (Wildman–Crippen MR) is 104 cm³/mol. The molecular formula is C21H21N3O3. The van der Waals surface area contributed by atoms with Crippen molar-refractivity contribution in [2.24, 2.45) is 0 Å². The largest absolute Gasteiger partial charge is 0.462 e. The van der Waals surface area contributed by atoms with Gasteiger partial charge in [-0.15, -0.1) is 0 Å². The lowest BCUT2D eigenvalue weighted by Gasteiger charge is -2.10. The minimum Gasteiger partial charge on any atom is -0.462 e. The zero-order valence-corrected chi connectivity index (χ0v) is 15.1. The summed E-state index contributed by atoms with van der Waals surface area (Å²) in [5.74, 6) is -1.13. The minimum atomic E-state index is -0.616. The first-order valence-corrected chi connectivity index (χ1v) is 8.65. The van der Waals surface area contributed by atoms with E-state index < -0.39 is 11.9 Å². The number of unbranched alkanes of at least 4 members (excludes halogenated alkanes) is 1. The topological polar surface area (TPSA) is 91.2 Å². The fraction of sp³-hybridized carbons (Fsp3) is 0.190. The second kappa shape index (κ2) is 10.4. The van der Waals surface area contributed by atoms with Crippen molar-refractivity contribution < 1.29 is 14.3 Å². The summed E-state index contributed by atoms with van der Waals surface area (Å²) >= 11 is 0. The van der Waals surface area contributed by atoms with Crippen LogP contribution in [-0.2, 0) is 9.53 Å². The normalized spacial score (nSPS) is 10.6. The maximum absolute atomic E-state index is 12.4. The maximum atomic E-state index is 12.4. The number of esters is 1. The van der Waals surface area contributed by atoms with Crippen LogP contribution in [0.1, 0.15) is 30.1 Å². The molecule has 0 heterocycles. The van der Waals surface area contributed by atoms with Crippen LogP contribution >= 0.6 is 0 Å². The Balaban J connectivity index is 2.10. The molecule has 0 radical (unpaired) electrons. The Bertz CT molecular complexity index is 854. The molecule has 0 saturated heterocycles. The van der Waals surface area contributed by atoms with Crippen LogP contribution in [0, 0.1) is 11.3 Å². The van der Waals surface area contributed by atoms with Crippen LogP contribution in [0.25, 0.3) is 0 Å². The molecule has 0 bridgehead atoms. The van der Waals surface area contributed by atoms with Gasteiger partial charge in [-0.25, -0.2) is 4.79 Å². The Labute approximate surface area is 158 Å². The minimum absolute atomic E-state index is 0.118. The quantitative estimate of drug-likeness (QED) is 0.319. The molecule has 0 aliphatic rings. The van der Waals surface area contributed by atoms with Gasteiger partial charge < -0.3 is 15.4 Å². The van der Waals surface area contributed by atoms with Gasteiger partial charge in [-0.3, -0.25) is 4.79 Å². The van der Waals surface area contributed by atoms with Crippen LogP contribution in [-0.4, -0.2) is 18.5 Å². The third-order valence-corrected chi connectivity index (χ3v) is 3.65. The van der Waals surface area contributed by atoms with E-state index in [0.717, 1.165) is 18.5 Å². The van der Waals surface area contributed by atoms with E-state index >= 15 is 0 Å². The summed E-state index contributed by atoms with van der Waals surface area (Å²) in [6.07, 6.45) is 3.01. The van der Waals surface area contributed by atoms with Gasteiger partial charge in [0, 0.05) is 11.9 Å². The summed E-state index contributed by atoms with van der Waals surface area (Å²) in [5.41, 5.74) is 1.17. The third-order valence-electron chi connectivity index (χ3n) is 3.65. The van der Waals surface area contributed by atoms with E-state index in [1.54, 1.807) is 24.3 Å². The number of hydrogen-bond acceptors (Lipinski definition) is 5. The lowest BCUT2D eigenvalue weighted by molar-refractivity contribution is -0.112. The number of ether oxygens (including phenoxy) is 1. The Kier molecular flexibility index (Phi) is 7.61. The van der Waals surface area contributed by atoms with Gasteiger partial charge in [-0.2, -0.15) is 5.26 Å². The second-order valence-electron chi connectivity index (χ2n) is 5.67. The molecule has 0 spiro atoms. The van der Waals surface area contributed by atoms with Crippen molar-refractivity contribution in [3.8, 4) is 6.07 Å². The summed E-state index contributed by atoms with van der Waals surface area (Å²) in [4.78, 5) is 24.6. The molecule has 2 N–H and O–H groups in total. The number of nitriles is 1. The Hall–Kier alpha value is -3.59. The van der Waals surface area contributed by atoms with Crippen LogP contribution in [0.4, 0.5) is 11.4 Å². The van der Waals surface area contributed by atoms with E-state index in [0.29, 0.717) is 12.3 Å². The smallest absolute Gasteiger partial charge is 0.340 e. The van der Waals surface area contributed by atoms with E-state index in [-0.39, 0.29) is 11.1 Å². The zero-order valence-electron chi connectivity index (χ0n) is 15.1. The molecule has 1 amide bonds. The van der Waals surface area contributed by atoms with Gasteiger partial charge in [0.25, 0.3) is 5.91 Å². The first kappa shape index (κ1) is 19.7. The highest BCUT2D eigenvalue weighted by Gasteiger charge is 2.16. The summed E-state index contributed by atoms with van der Waals surface area (Å²) in [5, 5.41) is 14.8. The van der Waals surface area contributed by atoms with Gasteiger partial charge in [0.2, 0.25) is 0 Å². The Morgan fingerprint density at radius 1 is 1.11 bits per heavy atom. The fourth-order valence-electron chi connectivity index (χ4n) is 2.19. The standard InChI is InChI=1S/C21H21N3O3/c1-2-3-13-27-21(26)18-11-7-8-12-19(18)24-20(25)16(14-22)15-23-17-9-5-4-6-10-17/h4-12,15,23H,2-3,13H2,1H3,(H,24,25)/b16-15-. The summed E-state index contributed by atoms with van der Waals surface area (Å²) in [6.45, 7) is 2.32. The van der Waals surface area contributed by atoms with Crippen LogP contribution in [0.15, 0.2) is 66.4 Å². The van der Waals surface area contributed by atoms with E-state index in [9.17, 15) is 14.9 Å². The molecule has 0 fully saturated rings. The predicted octanol–water partition coefficient (Wildman–Crippen LogP) is 4.10. The molecule has 0 atom stereocenters. The van der Waals surface area contributed by atoms with Gasteiger partial charge in [0.1, 0.15) is 11.6 Å². The van der Waals surface area contributed by atoms with E-state index in [1.807, 2.05) is 43.3 Å². The number of nitrogens with one attached hydrogen (secondary N) is 2. The van der Waals surface area contributed by atoms with Crippen molar-refractivity contribution in [2.75, 3.05) is 17.2 Å². The van der Waals surface area contributed by atoms with Crippen molar-refractivity contribution in [1.82, 2.24) is 0 Å². The number of carbonyl (C=O) groups is 2. The Morgan fingerprint density at radius 2 is 1.81 bits per heavy atom. The average molecular weight is 363 g/mol. The highest BCUT2D eigenvalue weighted by molar-refractivity contribution is 6.09. The molecule has 2 aromatic rings. The van der Waals surface area contributed by atoms with Crippen LogP contribution in [0.5, 0.6) is 0 Å². The van der Waals surface area contributed by atoms with Crippen molar-refractivity contribution in [1.29, 1.82) is 5.26 Å². The molecule has 6 nitrogen and oxygen atoms in total. The number of rotatable bonds is 8. The fourth-order valence-corrected chi connectivity index (χ4v) is 2.19. The molecule has 138 valence electrons. The highest BCUT2D eigenvalue weighted by atomic mass is 16.5. The lowest BCUT2D eigenvalue weighted by Crippen LogP contribution is -2.17. The number of anilines is 2. The van der Waals surface area contributed by atoms with Crippen LogP contribution < -0.4 is 10.6 Å². The van der Waals surface area contributed by atoms with Crippen molar-refractivity contribution >= 4 is 23.3 Å². The summed E-state index contributed by atoms with van der Waals surface area (Å²) in [7, 11) is 0. The molecule has 0 saturated carbocycles. The number of amides is 1. The van der Waals surface area contributed by atoms with Crippen molar-refractivity contribution in [2.45, 2.75) is 19.8 Å². The average Bonchev–Trinajstić information content (AvgIpc) is 2.70. The van der Waals surface area contributed by atoms with Gasteiger partial charge in [0.15, 0.2) is 0 Å². The molecule has 0 aromatic heterocycles. The number of nitrogens with zero attached hydrogens (tertiary/aromatic N) is 1. The number of carbonyl (C=O) groups excluding carboxylic acids is 2. The number of hydrogen-bond donors (Lipinski definition) is 2. The van der Waals surface area contributed by atoms with Gasteiger partial charge in [0.05, 0.1) is 17.9 Å². The first-order chi connectivity index (χ1) is 13.2. The SMILES string of the molecule is CCCCOC(=O)c1ccccc1NC(=O)/C(C#N)=C\Nc1ccccc1. The van der Waals surface area contributed by atoms with Crippen LogP contribution in [0.2, 0.25) is 0 Å². The van der Waals surface area contributed by atoms with Gasteiger partial charge in [-0.05, 0) is 30.7 Å². The monoisotopic (exact) mass is 363 g/mol. The van der Waals surface area contributed by atoms with Gasteiger partial charge >= 0.3 is 5.97 Å². The highest BCUT2D eigenvalue weighted by Crippen LogP contribution is 2.17. The van der Waals surface area contributed by atoms with E-state index in [4.69, 9.17) is 4.74 Å².